The maximum absolute atomic E-state index is 12.2. The summed E-state index contributed by atoms with van der Waals surface area (Å²) < 4.78 is 0. The number of allylic oxidation sites excluding steroid dienone is 3. The van der Waals surface area contributed by atoms with Crippen LogP contribution in [0.2, 0.25) is 0 Å². The van der Waals surface area contributed by atoms with Crippen molar-refractivity contribution in [3.8, 4) is 0 Å². The molecule has 0 spiro atoms. The molecule has 0 aromatic rings. The van der Waals surface area contributed by atoms with Gasteiger partial charge in [0.25, 0.3) is 0 Å². The average molecular weight is 216 g/mol. The molecule has 84 valence electrons. The fourth-order valence-electron chi connectivity index (χ4n) is 4.47. The summed E-state index contributed by atoms with van der Waals surface area (Å²) in [5.41, 5.74) is -0.722. The summed E-state index contributed by atoms with van der Waals surface area (Å²) in [5, 5.41) is 10.9. The topological polar surface area (TPSA) is 37.3 Å². The normalized spacial score (nSPS) is 56.8. The molecule has 2 saturated carbocycles. The van der Waals surface area contributed by atoms with Crippen LogP contribution < -0.4 is 0 Å². The second kappa shape index (κ2) is 2.67. The molecule has 0 aliphatic heterocycles. The van der Waals surface area contributed by atoms with Crippen molar-refractivity contribution < 1.29 is 9.90 Å². The van der Waals surface area contributed by atoms with Crippen molar-refractivity contribution >= 4 is 5.78 Å². The lowest BCUT2D eigenvalue weighted by atomic mass is 9.71. The minimum Gasteiger partial charge on any atom is -0.388 e. The molecule has 1 N–H and O–H groups in total. The highest BCUT2D eigenvalue weighted by Crippen LogP contribution is 2.56. The molecule has 2 heteroatoms. The van der Waals surface area contributed by atoms with Crippen LogP contribution in [0.25, 0.3) is 0 Å². The maximum atomic E-state index is 12.2. The lowest BCUT2D eigenvalue weighted by Gasteiger charge is -2.38. The lowest BCUT2D eigenvalue weighted by molar-refractivity contribution is -0.135. The van der Waals surface area contributed by atoms with Gasteiger partial charge < -0.3 is 5.11 Å². The smallest absolute Gasteiger partial charge is 0.146 e. The largest absolute Gasteiger partial charge is 0.388 e. The predicted octanol–water partition coefficient (Wildman–Crippen LogP) is 1.70. The van der Waals surface area contributed by atoms with E-state index < -0.39 is 5.60 Å². The van der Waals surface area contributed by atoms with Crippen LogP contribution in [-0.4, -0.2) is 16.5 Å². The van der Waals surface area contributed by atoms with E-state index in [-0.39, 0.29) is 17.8 Å². The Morgan fingerprint density at radius 3 is 2.62 bits per heavy atom. The zero-order chi connectivity index (χ0) is 10.9. The van der Waals surface area contributed by atoms with Crippen LogP contribution in [0.4, 0.5) is 0 Å². The number of carbonyl (C=O) groups is 1. The van der Waals surface area contributed by atoms with Gasteiger partial charge in [-0.2, -0.15) is 0 Å². The van der Waals surface area contributed by atoms with Gasteiger partial charge in [0.1, 0.15) is 5.78 Å². The first kappa shape index (κ1) is 9.17. The Balaban J connectivity index is 1.74. The SMILES string of the molecule is O=C1C2C=CC(C2)C1C1(O)CC2C=CC1C2. The maximum Gasteiger partial charge on any atom is 0.146 e. The molecule has 6 unspecified atom stereocenters. The van der Waals surface area contributed by atoms with Crippen molar-refractivity contribution in [2.75, 3.05) is 0 Å². The third-order valence-electron chi connectivity index (χ3n) is 5.16. The van der Waals surface area contributed by atoms with E-state index in [1.54, 1.807) is 0 Å². The zero-order valence-electron chi connectivity index (χ0n) is 9.17. The van der Waals surface area contributed by atoms with E-state index in [0.29, 0.717) is 17.6 Å². The van der Waals surface area contributed by atoms with E-state index in [4.69, 9.17) is 0 Å². The number of rotatable bonds is 1. The van der Waals surface area contributed by atoms with E-state index in [1.165, 1.54) is 0 Å². The van der Waals surface area contributed by atoms with E-state index in [9.17, 15) is 9.90 Å². The van der Waals surface area contributed by atoms with Crippen LogP contribution in [0.5, 0.6) is 0 Å². The summed E-state index contributed by atoms with van der Waals surface area (Å²) in [6.07, 6.45) is 11.4. The van der Waals surface area contributed by atoms with E-state index in [0.717, 1.165) is 19.3 Å². The van der Waals surface area contributed by atoms with Crippen molar-refractivity contribution in [1.82, 2.24) is 0 Å². The number of hydrogen-bond acceptors (Lipinski definition) is 2. The summed E-state index contributed by atoms with van der Waals surface area (Å²) in [7, 11) is 0. The fraction of sp³-hybridized carbons (Fsp3) is 0.643. The molecule has 4 bridgehead atoms. The first-order chi connectivity index (χ1) is 7.68. The second-order valence-corrected chi connectivity index (χ2v) is 5.95. The number of fused-ring (bicyclic) bond motifs is 4. The highest BCUT2D eigenvalue weighted by atomic mass is 16.3. The number of carbonyl (C=O) groups excluding carboxylic acids is 1. The third-order valence-corrected chi connectivity index (χ3v) is 5.16. The highest BCUT2D eigenvalue weighted by Gasteiger charge is 2.60. The highest BCUT2D eigenvalue weighted by molar-refractivity contribution is 5.90. The Hall–Kier alpha value is -0.890. The fourth-order valence-corrected chi connectivity index (χ4v) is 4.47. The Kier molecular flexibility index (Phi) is 1.53. The average Bonchev–Trinajstić information content (AvgIpc) is 2.92. The molecule has 6 atom stereocenters. The molecule has 4 aliphatic carbocycles. The zero-order valence-corrected chi connectivity index (χ0v) is 9.17. The second-order valence-electron chi connectivity index (χ2n) is 5.95. The third kappa shape index (κ3) is 0.904. The Morgan fingerprint density at radius 2 is 2.06 bits per heavy atom. The summed E-state index contributed by atoms with van der Waals surface area (Å²) in [4.78, 5) is 12.2. The molecule has 0 saturated heterocycles. The Labute approximate surface area is 95.0 Å². The van der Waals surface area contributed by atoms with Crippen LogP contribution in [-0.2, 0) is 4.79 Å². The van der Waals surface area contributed by atoms with Crippen LogP contribution in [0.1, 0.15) is 19.3 Å². The number of ketones is 1. The predicted molar refractivity (Wildman–Crippen MR) is 59.5 cm³/mol. The summed E-state index contributed by atoms with van der Waals surface area (Å²) >= 11 is 0. The Bertz CT molecular complexity index is 422. The van der Waals surface area contributed by atoms with E-state index in [1.807, 2.05) is 6.08 Å². The molecule has 2 fully saturated rings. The molecule has 0 aromatic carbocycles. The van der Waals surface area contributed by atoms with Crippen molar-refractivity contribution in [3.05, 3.63) is 24.3 Å². The van der Waals surface area contributed by atoms with Gasteiger partial charge in [0, 0.05) is 11.8 Å². The molecule has 0 heterocycles. The van der Waals surface area contributed by atoms with Gasteiger partial charge in [0.05, 0.1) is 11.5 Å². The molecular formula is C14H16O2. The van der Waals surface area contributed by atoms with Gasteiger partial charge >= 0.3 is 0 Å². The standard InChI is InChI=1S/C14H16O2/c15-13-10-3-2-9(6-10)12(13)14(16)7-8-1-4-11(14)5-8/h1-4,8-12,16H,5-7H2. The van der Waals surface area contributed by atoms with Gasteiger partial charge in [-0.05, 0) is 31.1 Å². The number of Topliss-reactive ketones (excluding diaryl/α,β-unsaturated/α-hetero) is 1. The molecular weight excluding hydrogens is 200 g/mol. The van der Waals surface area contributed by atoms with Crippen LogP contribution >= 0.6 is 0 Å². The molecule has 4 rings (SSSR count). The first-order valence-electron chi connectivity index (χ1n) is 6.31. The van der Waals surface area contributed by atoms with Crippen molar-refractivity contribution in [2.24, 2.45) is 29.6 Å². The van der Waals surface area contributed by atoms with Gasteiger partial charge in [0.15, 0.2) is 0 Å². The monoisotopic (exact) mass is 216 g/mol. The van der Waals surface area contributed by atoms with Gasteiger partial charge in [-0.25, -0.2) is 0 Å². The van der Waals surface area contributed by atoms with Crippen molar-refractivity contribution in [2.45, 2.75) is 24.9 Å². The lowest BCUT2D eigenvalue weighted by Crippen LogP contribution is -2.47. The molecule has 2 nitrogen and oxygen atoms in total. The molecule has 0 aromatic heterocycles. The van der Waals surface area contributed by atoms with Crippen LogP contribution in [0, 0.1) is 29.6 Å². The van der Waals surface area contributed by atoms with E-state index in [2.05, 4.69) is 18.2 Å². The van der Waals surface area contributed by atoms with Gasteiger partial charge in [0.2, 0.25) is 0 Å². The molecule has 0 amide bonds. The summed E-state index contributed by atoms with van der Waals surface area (Å²) in [6, 6.07) is 0. The van der Waals surface area contributed by atoms with Crippen LogP contribution in [0.15, 0.2) is 24.3 Å². The minimum atomic E-state index is -0.722. The van der Waals surface area contributed by atoms with Gasteiger partial charge in [-0.1, -0.05) is 24.3 Å². The van der Waals surface area contributed by atoms with Crippen LogP contribution in [0.3, 0.4) is 0 Å². The molecule has 4 aliphatic rings. The molecule has 0 radical (unpaired) electrons. The Morgan fingerprint density at radius 1 is 1.19 bits per heavy atom. The summed E-state index contributed by atoms with van der Waals surface area (Å²) in [5.74, 6) is 1.38. The first-order valence-corrected chi connectivity index (χ1v) is 6.31. The number of hydrogen-bond donors (Lipinski definition) is 1. The van der Waals surface area contributed by atoms with Gasteiger partial charge in [-0.15, -0.1) is 0 Å². The molecule has 16 heavy (non-hydrogen) atoms. The van der Waals surface area contributed by atoms with Gasteiger partial charge in [-0.3, -0.25) is 4.79 Å². The summed E-state index contributed by atoms with van der Waals surface area (Å²) in [6.45, 7) is 0. The quantitative estimate of drug-likeness (QED) is 0.677. The van der Waals surface area contributed by atoms with Crippen molar-refractivity contribution in [3.63, 3.8) is 0 Å². The van der Waals surface area contributed by atoms with E-state index >= 15 is 0 Å². The number of aliphatic hydroxyl groups is 1. The van der Waals surface area contributed by atoms with Crippen molar-refractivity contribution in [1.29, 1.82) is 0 Å². The minimum absolute atomic E-state index is 0.109.